The predicted octanol–water partition coefficient (Wildman–Crippen LogP) is -3.02. The minimum Gasteiger partial charge on any atom is -0.481 e. The van der Waals surface area contributed by atoms with Crippen LogP contribution in [0.15, 0.2) is 12.5 Å². The van der Waals surface area contributed by atoms with E-state index in [0.29, 0.717) is 18.7 Å². The van der Waals surface area contributed by atoms with Gasteiger partial charge in [0.05, 0.1) is 18.8 Å². The van der Waals surface area contributed by atoms with Crippen LogP contribution in [0.25, 0.3) is 0 Å². The van der Waals surface area contributed by atoms with Gasteiger partial charge in [-0.25, -0.2) is 9.78 Å². The number of aliphatic carboxylic acids is 2. The zero-order chi connectivity index (χ0) is 26.0. The third kappa shape index (κ3) is 9.04. The van der Waals surface area contributed by atoms with Crippen molar-refractivity contribution in [2.75, 3.05) is 6.54 Å². The number of nitrogens with two attached hydrogens (primary N) is 1. The highest BCUT2D eigenvalue weighted by Gasteiger charge is 2.32. The number of carbonyl (C=O) groups excluding carboxylic acids is 4. The second-order valence-corrected chi connectivity index (χ2v) is 8.05. The summed E-state index contributed by atoms with van der Waals surface area (Å²) in [4.78, 5) is 78.7. The first-order valence-electron chi connectivity index (χ1n) is 10.9. The molecule has 4 unspecified atom stereocenters. The highest BCUT2D eigenvalue weighted by Crippen LogP contribution is 2.08. The number of aromatic amines is 1. The van der Waals surface area contributed by atoms with Crippen LogP contribution in [0.1, 0.15) is 37.8 Å². The molecule has 1 aromatic heterocycles. The minimum absolute atomic E-state index is 0.149. The number of aromatic nitrogens is 2. The molecule has 15 heteroatoms. The largest absolute Gasteiger partial charge is 0.481 e. The SMILES string of the molecule is NC(=O)CC(NC(=O)C(CCC(=O)O)NC(=O)C1CCCN1)C(=O)NC(Cc1cnc[nH]1)C(=O)O. The number of hydrogen-bond donors (Lipinski definition) is 8. The molecule has 35 heavy (non-hydrogen) atoms. The van der Waals surface area contributed by atoms with Gasteiger partial charge in [0.2, 0.25) is 23.6 Å². The van der Waals surface area contributed by atoms with Crippen molar-refractivity contribution in [3.8, 4) is 0 Å². The second kappa shape index (κ2) is 13.0. The lowest BCUT2D eigenvalue weighted by molar-refractivity contribution is -0.142. The predicted molar refractivity (Wildman–Crippen MR) is 117 cm³/mol. The molecule has 1 saturated heterocycles. The lowest BCUT2D eigenvalue weighted by Gasteiger charge is -2.24. The molecular formula is C20H29N7O8. The van der Waals surface area contributed by atoms with Gasteiger partial charge in [0, 0.05) is 24.7 Å². The number of nitrogens with one attached hydrogen (secondary N) is 5. The molecule has 9 N–H and O–H groups in total. The Morgan fingerprint density at radius 3 is 2.29 bits per heavy atom. The highest BCUT2D eigenvalue weighted by molar-refractivity contribution is 5.96. The third-order valence-electron chi connectivity index (χ3n) is 5.29. The fourth-order valence-electron chi connectivity index (χ4n) is 3.49. The Kier molecular flexibility index (Phi) is 10.1. The molecule has 2 rings (SSSR count). The Morgan fingerprint density at radius 1 is 1.06 bits per heavy atom. The van der Waals surface area contributed by atoms with Gasteiger partial charge in [-0.1, -0.05) is 0 Å². The van der Waals surface area contributed by atoms with Crippen molar-refractivity contribution in [1.29, 1.82) is 0 Å². The van der Waals surface area contributed by atoms with E-state index in [1.165, 1.54) is 12.5 Å². The summed E-state index contributed by atoms with van der Waals surface area (Å²) in [6.45, 7) is 0.619. The molecule has 0 radical (unpaired) electrons. The number of primary amides is 1. The monoisotopic (exact) mass is 495 g/mol. The van der Waals surface area contributed by atoms with Crippen molar-refractivity contribution in [3.05, 3.63) is 18.2 Å². The Labute approximate surface area is 199 Å². The van der Waals surface area contributed by atoms with Crippen molar-refractivity contribution in [2.24, 2.45) is 5.73 Å². The lowest BCUT2D eigenvalue weighted by atomic mass is 10.1. The van der Waals surface area contributed by atoms with Gasteiger partial charge in [-0.3, -0.25) is 24.0 Å². The molecule has 4 amide bonds. The molecule has 1 aromatic rings. The zero-order valence-corrected chi connectivity index (χ0v) is 18.8. The summed E-state index contributed by atoms with van der Waals surface area (Å²) in [5, 5.41) is 28.4. The normalized spacial score (nSPS) is 17.5. The fraction of sp³-hybridized carbons (Fsp3) is 0.550. The topological polar surface area (TPSA) is 246 Å². The number of nitrogens with zero attached hydrogens (tertiary/aromatic N) is 1. The molecule has 192 valence electrons. The van der Waals surface area contributed by atoms with Crippen LogP contribution >= 0.6 is 0 Å². The molecule has 1 aliphatic rings. The Hall–Kier alpha value is -4.01. The fourth-order valence-corrected chi connectivity index (χ4v) is 3.49. The smallest absolute Gasteiger partial charge is 0.326 e. The van der Waals surface area contributed by atoms with E-state index in [2.05, 4.69) is 31.2 Å². The molecular weight excluding hydrogens is 466 g/mol. The van der Waals surface area contributed by atoms with Crippen molar-refractivity contribution in [2.45, 2.75) is 62.7 Å². The van der Waals surface area contributed by atoms with E-state index in [4.69, 9.17) is 10.8 Å². The number of carboxylic acids is 2. The van der Waals surface area contributed by atoms with E-state index in [1.807, 2.05) is 0 Å². The second-order valence-electron chi connectivity index (χ2n) is 8.05. The summed E-state index contributed by atoms with van der Waals surface area (Å²) in [6, 6.07) is -4.83. The maximum atomic E-state index is 12.9. The minimum atomic E-state index is -1.56. The van der Waals surface area contributed by atoms with Gasteiger partial charge >= 0.3 is 11.9 Å². The first-order chi connectivity index (χ1) is 16.6. The summed E-state index contributed by atoms with van der Waals surface area (Å²) < 4.78 is 0. The van der Waals surface area contributed by atoms with Crippen molar-refractivity contribution in [3.63, 3.8) is 0 Å². The summed E-state index contributed by atoms with van der Waals surface area (Å²) >= 11 is 0. The number of H-pyrrole nitrogens is 1. The van der Waals surface area contributed by atoms with Crippen LogP contribution in [-0.2, 0) is 35.2 Å². The summed E-state index contributed by atoms with van der Waals surface area (Å²) in [5.41, 5.74) is 5.61. The van der Waals surface area contributed by atoms with E-state index in [9.17, 15) is 33.9 Å². The number of rotatable bonds is 14. The Bertz CT molecular complexity index is 930. The summed E-state index contributed by atoms with van der Waals surface area (Å²) in [7, 11) is 0. The number of amides is 4. The number of imidazole rings is 1. The first kappa shape index (κ1) is 27.2. The summed E-state index contributed by atoms with van der Waals surface area (Å²) in [5.74, 6) is -5.94. The van der Waals surface area contributed by atoms with Crippen LogP contribution in [-0.4, -0.2) is 86.5 Å². The molecule has 0 saturated carbocycles. The Balaban J connectivity index is 2.11. The van der Waals surface area contributed by atoms with Crippen LogP contribution in [0.2, 0.25) is 0 Å². The van der Waals surface area contributed by atoms with Gasteiger partial charge in [-0.2, -0.15) is 0 Å². The van der Waals surface area contributed by atoms with Crippen molar-refractivity contribution in [1.82, 2.24) is 31.2 Å². The molecule has 0 aromatic carbocycles. The van der Waals surface area contributed by atoms with Crippen molar-refractivity contribution < 1.29 is 39.0 Å². The van der Waals surface area contributed by atoms with Gasteiger partial charge < -0.3 is 42.2 Å². The van der Waals surface area contributed by atoms with Gasteiger partial charge in [0.25, 0.3) is 0 Å². The number of carbonyl (C=O) groups is 6. The van der Waals surface area contributed by atoms with Gasteiger partial charge in [-0.05, 0) is 25.8 Å². The van der Waals surface area contributed by atoms with Crippen LogP contribution in [0.3, 0.4) is 0 Å². The standard InChI is InChI=1S/C20H29N7O8/c21-15(28)7-13(19(33)27-14(20(34)35)6-10-8-22-9-24-10)26-18(32)12(3-4-16(29)30)25-17(31)11-2-1-5-23-11/h8-9,11-14,23H,1-7H2,(H2,21,28)(H,22,24)(H,25,31)(H,26,32)(H,27,33)(H,29,30)(H,34,35). The molecule has 0 aliphatic carbocycles. The third-order valence-corrected chi connectivity index (χ3v) is 5.29. The Morgan fingerprint density at radius 2 is 1.74 bits per heavy atom. The molecule has 1 aliphatic heterocycles. The van der Waals surface area contributed by atoms with Gasteiger partial charge in [-0.15, -0.1) is 0 Å². The van der Waals surface area contributed by atoms with Crippen molar-refractivity contribution >= 4 is 35.6 Å². The van der Waals surface area contributed by atoms with Crippen LogP contribution in [0.5, 0.6) is 0 Å². The lowest BCUT2D eigenvalue weighted by Crippen LogP contribution is -2.58. The van der Waals surface area contributed by atoms with Crippen LogP contribution < -0.4 is 27.0 Å². The highest BCUT2D eigenvalue weighted by atomic mass is 16.4. The summed E-state index contributed by atoms with van der Waals surface area (Å²) in [6.07, 6.45) is 2.48. The quantitative estimate of drug-likeness (QED) is 0.130. The number of carboxylic acid groups (broad SMARTS) is 2. The maximum Gasteiger partial charge on any atom is 0.326 e. The average molecular weight is 495 g/mol. The van der Waals surface area contributed by atoms with E-state index in [-0.39, 0.29) is 12.8 Å². The van der Waals surface area contributed by atoms with E-state index in [0.717, 1.165) is 6.42 Å². The molecule has 15 nitrogen and oxygen atoms in total. The van der Waals surface area contributed by atoms with Crippen LogP contribution in [0, 0.1) is 0 Å². The maximum absolute atomic E-state index is 12.9. The molecule has 4 atom stereocenters. The first-order valence-corrected chi connectivity index (χ1v) is 10.9. The van der Waals surface area contributed by atoms with Crippen LogP contribution in [0.4, 0.5) is 0 Å². The van der Waals surface area contributed by atoms with Gasteiger partial charge in [0.15, 0.2) is 0 Å². The van der Waals surface area contributed by atoms with E-state index < -0.39 is 72.6 Å². The van der Waals surface area contributed by atoms with E-state index >= 15 is 0 Å². The average Bonchev–Trinajstić information content (AvgIpc) is 3.49. The zero-order valence-electron chi connectivity index (χ0n) is 18.8. The number of hydrogen-bond acceptors (Lipinski definition) is 8. The van der Waals surface area contributed by atoms with Gasteiger partial charge in [0.1, 0.15) is 18.1 Å². The van der Waals surface area contributed by atoms with E-state index in [1.54, 1.807) is 0 Å². The molecule has 2 heterocycles. The molecule has 0 bridgehead atoms. The molecule has 1 fully saturated rings. The molecule has 0 spiro atoms.